The van der Waals surface area contributed by atoms with E-state index < -0.39 is 5.78 Å². The van der Waals surface area contributed by atoms with Crippen LogP contribution in [0.5, 0.6) is 0 Å². The molecule has 0 bridgehead atoms. The van der Waals surface area contributed by atoms with Gasteiger partial charge in [-0.2, -0.15) is 5.26 Å². The zero-order chi connectivity index (χ0) is 9.97. The van der Waals surface area contributed by atoms with Crippen molar-refractivity contribution in [2.45, 2.75) is 0 Å². The van der Waals surface area contributed by atoms with Crippen molar-refractivity contribution in [3.63, 3.8) is 0 Å². The van der Waals surface area contributed by atoms with E-state index >= 15 is 0 Å². The van der Waals surface area contributed by atoms with Crippen LogP contribution in [0, 0.1) is 11.3 Å². The van der Waals surface area contributed by atoms with Gasteiger partial charge in [0.2, 0.25) is 0 Å². The number of nitriles is 1. The summed E-state index contributed by atoms with van der Waals surface area (Å²) in [6, 6.07) is 10.4. The molecule has 0 unspecified atom stereocenters. The molecule has 0 fully saturated rings. The second-order valence-corrected chi connectivity index (χ2v) is 2.82. The molecule has 0 aliphatic heterocycles. The van der Waals surface area contributed by atoms with Crippen LogP contribution in [0.4, 0.5) is 0 Å². The Morgan fingerprint density at radius 3 is 2.86 bits per heavy atom. The lowest BCUT2D eigenvalue weighted by Gasteiger charge is -1.99. The predicted molar refractivity (Wildman–Crippen MR) is 51.7 cm³/mol. The van der Waals surface area contributed by atoms with Gasteiger partial charge in [0.15, 0.2) is 0 Å². The minimum absolute atomic E-state index is 0.415. The highest BCUT2D eigenvalue weighted by Gasteiger charge is 2.08. The van der Waals surface area contributed by atoms with Crippen molar-refractivity contribution in [1.29, 1.82) is 5.26 Å². The van der Waals surface area contributed by atoms with Crippen LogP contribution >= 0.6 is 0 Å². The van der Waals surface area contributed by atoms with E-state index in [1.54, 1.807) is 18.2 Å². The quantitative estimate of drug-likeness (QED) is 0.500. The van der Waals surface area contributed by atoms with Crippen molar-refractivity contribution in [1.82, 2.24) is 4.98 Å². The Morgan fingerprint density at radius 1 is 1.29 bits per heavy atom. The second-order valence-electron chi connectivity index (χ2n) is 2.82. The lowest BCUT2D eigenvalue weighted by atomic mass is 10.1. The van der Waals surface area contributed by atoms with Crippen molar-refractivity contribution in [2.75, 3.05) is 0 Å². The Balaban J connectivity index is 2.79. The maximum absolute atomic E-state index is 11.2. The van der Waals surface area contributed by atoms with E-state index in [2.05, 4.69) is 4.98 Å². The van der Waals surface area contributed by atoms with Crippen LogP contribution < -0.4 is 0 Å². The number of hydrogen-bond donors (Lipinski definition) is 0. The number of hydrogen-bond acceptors (Lipinski definition) is 3. The zero-order valence-corrected chi connectivity index (χ0v) is 7.27. The average Bonchev–Trinajstić information content (AvgIpc) is 2.27. The molecule has 14 heavy (non-hydrogen) atoms. The van der Waals surface area contributed by atoms with Crippen LogP contribution in [0.2, 0.25) is 0 Å². The Morgan fingerprint density at radius 2 is 2.07 bits per heavy atom. The molecule has 0 radical (unpaired) electrons. The minimum atomic E-state index is -0.524. The average molecular weight is 182 g/mol. The van der Waals surface area contributed by atoms with Crippen molar-refractivity contribution >= 4 is 16.7 Å². The SMILES string of the molecule is N#CC(=O)c1ccnc2ccccc12. The predicted octanol–water partition coefficient (Wildman–Crippen LogP) is 1.94. The number of nitrogens with zero attached hydrogens (tertiary/aromatic N) is 2. The van der Waals surface area contributed by atoms with Gasteiger partial charge in [0.25, 0.3) is 5.78 Å². The number of para-hydroxylation sites is 1. The fraction of sp³-hybridized carbons (Fsp3) is 0. The number of rotatable bonds is 1. The van der Waals surface area contributed by atoms with Gasteiger partial charge in [-0.3, -0.25) is 9.78 Å². The molecular formula is C11H6N2O. The lowest BCUT2D eigenvalue weighted by Crippen LogP contribution is -1.96. The third-order valence-corrected chi connectivity index (χ3v) is 2.00. The number of benzene rings is 1. The fourth-order valence-electron chi connectivity index (χ4n) is 1.35. The molecule has 2 aromatic rings. The molecule has 0 saturated carbocycles. The van der Waals surface area contributed by atoms with E-state index in [-0.39, 0.29) is 0 Å². The number of carbonyl (C=O) groups excluding carboxylic acids is 1. The van der Waals surface area contributed by atoms with Crippen LogP contribution in [-0.2, 0) is 0 Å². The van der Waals surface area contributed by atoms with Gasteiger partial charge >= 0.3 is 0 Å². The molecule has 0 aliphatic rings. The van der Waals surface area contributed by atoms with Gasteiger partial charge in [-0.1, -0.05) is 18.2 Å². The molecular weight excluding hydrogens is 176 g/mol. The van der Waals surface area contributed by atoms with E-state index in [1.807, 2.05) is 18.2 Å². The standard InChI is InChI=1S/C11H6N2O/c12-7-11(14)9-5-6-13-10-4-2-1-3-8(9)10/h1-6H. The molecule has 0 spiro atoms. The molecule has 3 nitrogen and oxygen atoms in total. The Kier molecular flexibility index (Phi) is 1.96. The molecule has 1 aromatic heterocycles. The molecule has 0 atom stereocenters. The van der Waals surface area contributed by atoms with Crippen LogP contribution in [0.25, 0.3) is 10.9 Å². The summed E-state index contributed by atoms with van der Waals surface area (Å²) >= 11 is 0. The maximum atomic E-state index is 11.2. The molecule has 1 heterocycles. The van der Waals surface area contributed by atoms with Crippen molar-refractivity contribution < 1.29 is 4.79 Å². The summed E-state index contributed by atoms with van der Waals surface area (Å²) in [5, 5.41) is 9.25. The van der Waals surface area contributed by atoms with E-state index in [4.69, 9.17) is 5.26 Å². The lowest BCUT2D eigenvalue weighted by molar-refractivity contribution is 0.105. The maximum Gasteiger partial charge on any atom is 0.262 e. The summed E-state index contributed by atoms with van der Waals surface area (Å²) in [6.45, 7) is 0. The molecule has 66 valence electrons. The Bertz CT molecular complexity index is 535. The molecule has 0 amide bonds. The van der Waals surface area contributed by atoms with Gasteiger partial charge in [-0.25, -0.2) is 0 Å². The summed E-state index contributed by atoms with van der Waals surface area (Å²) in [6.07, 6.45) is 1.53. The van der Waals surface area contributed by atoms with Crippen LogP contribution in [-0.4, -0.2) is 10.8 Å². The largest absolute Gasteiger partial charge is 0.277 e. The first-order valence-electron chi connectivity index (χ1n) is 4.11. The van der Waals surface area contributed by atoms with Gasteiger partial charge < -0.3 is 0 Å². The first kappa shape index (κ1) is 8.39. The van der Waals surface area contributed by atoms with E-state index in [9.17, 15) is 4.79 Å². The number of Topliss-reactive ketones (excluding diaryl/α,β-unsaturated/α-hetero) is 1. The highest BCUT2D eigenvalue weighted by atomic mass is 16.1. The molecule has 2 rings (SSSR count). The minimum Gasteiger partial charge on any atom is -0.277 e. The molecule has 3 heteroatoms. The van der Waals surface area contributed by atoms with Gasteiger partial charge in [0.05, 0.1) is 5.52 Å². The van der Waals surface area contributed by atoms with Crippen LogP contribution in [0.15, 0.2) is 36.5 Å². The van der Waals surface area contributed by atoms with Crippen LogP contribution in [0.1, 0.15) is 10.4 Å². The molecule has 1 aromatic carbocycles. The van der Waals surface area contributed by atoms with Crippen molar-refractivity contribution in [3.8, 4) is 6.07 Å². The molecule has 0 saturated heterocycles. The first-order chi connectivity index (χ1) is 6.83. The third-order valence-electron chi connectivity index (χ3n) is 2.00. The number of ketones is 1. The topological polar surface area (TPSA) is 53.8 Å². The van der Waals surface area contributed by atoms with E-state index in [1.165, 1.54) is 6.20 Å². The number of carbonyl (C=O) groups is 1. The van der Waals surface area contributed by atoms with Gasteiger partial charge in [-0.15, -0.1) is 0 Å². The van der Waals surface area contributed by atoms with E-state index in [0.29, 0.717) is 5.56 Å². The van der Waals surface area contributed by atoms with Crippen LogP contribution in [0.3, 0.4) is 0 Å². The van der Waals surface area contributed by atoms with Crippen molar-refractivity contribution in [2.24, 2.45) is 0 Å². The molecule has 0 N–H and O–H groups in total. The van der Waals surface area contributed by atoms with Gasteiger partial charge in [0, 0.05) is 17.1 Å². The monoisotopic (exact) mass is 182 g/mol. The summed E-state index contributed by atoms with van der Waals surface area (Å²) in [5.74, 6) is -0.524. The second kappa shape index (κ2) is 3.27. The third kappa shape index (κ3) is 1.23. The smallest absolute Gasteiger partial charge is 0.262 e. The zero-order valence-electron chi connectivity index (χ0n) is 7.27. The summed E-state index contributed by atoms with van der Waals surface area (Å²) in [4.78, 5) is 15.3. The highest BCUT2D eigenvalue weighted by Crippen LogP contribution is 2.15. The normalized spacial score (nSPS) is 9.64. The summed E-state index contributed by atoms with van der Waals surface area (Å²) in [5.41, 5.74) is 1.15. The summed E-state index contributed by atoms with van der Waals surface area (Å²) < 4.78 is 0. The Labute approximate surface area is 80.6 Å². The van der Waals surface area contributed by atoms with Crippen molar-refractivity contribution in [3.05, 3.63) is 42.1 Å². The number of pyridine rings is 1. The number of aromatic nitrogens is 1. The highest BCUT2D eigenvalue weighted by molar-refractivity contribution is 6.14. The number of fused-ring (bicyclic) bond motifs is 1. The van der Waals surface area contributed by atoms with Gasteiger partial charge in [0.1, 0.15) is 6.07 Å². The van der Waals surface area contributed by atoms with Gasteiger partial charge in [-0.05, 0) is 12.1 Å². The first-order valence-corrected chi connectivity index (χ1v) is 4.11. The fourth-order valence-corrected chi connectivity index (χ4v) is 1.35. The van der Waals surface area contributed by atoms with E-state index in [0.717, 1.165) is 10.9 Å². The Hall–Kier alpha value is -2.21. The molecule has 0 aliphatic carbocycles. The summed E-state index contributed by atoms with van der Waals surface area (Å²) in [7, 11) is 0.